The molecule has 6 heteroatoms. The van der Waals surface area contributed by atoms with Crippen molar-refractivity contribution in [2.24, 2.45) is 0 Å². The largest absolute Gasteiger partial charge is 0.351 e. The predicted octanol–water partition coefficient (Wildman–Crippen LogP) is -0.778. The van der Waals surface area contributed by atoms with Crippen molar-refractivity contribution in [3.05, 3.63) is 35.4 Å². The number of likely N-dealkylation sites (tertiary alicyclic amines) is 1. The Balaban J connectivity index is 1.29. The Morgan fingerprint density at radius 1 is 1.10 bits per heavy atom. The van der Waals surface area contributed by atoms with Crippen LogP contribution in [0.15, 0.2) is 24.3 Å². The number of carbonyl (C=O) groups excluding carboxylic acids is 2. The van der Waals surface area contributed by atoms with Crippen LogP contribution in [0, 0.1) is 0 Å². The second-order valence-corrected chi connectivity index (χ2v) is 8.94. The van der Waals surface area contributed by atoms with Crippen molar-refractivity contribution >= 4 is 11.8 Å². The van der Waals surface area contributed by atoms with Gasteiger partial charge in [0.25, 0.3) is 5.91 Å². The summed E-state index contributed by atoms with van der Waals surface area (Å²) in [4.78, 5) is 28.7. The SMILES string of the molecule is CC(C)c1ccc(C[NH+]2CC[NH+](CC(=O)NCCCN3CCCC3=O)CC2)cc1. The van der Waals surface area contributed by atoms with Gasteiger partial charge in [-0.3, -0.25) is 9.59 Å². The number of rotatable bonds is 9. The minimum Gasteiger partial charge on any atom is -0.351 e. The summed E-state index contributed by atoms with van der Waals surface area (Å²) >= 11 is 0. The first-order valence-corrected chi connectivity index (χ1v) is 11.3. The van der Waals surface area contributed by atoms with Gasteiger partial charge in [-0.25, -0.2) is 0 Å². The molecule has 160 valence electrons. The molecule has 0 radical (unpaired) electrons. The average molecular weight is 403 g/mol. The maximum atomic E-state index is 12.2. The Bertz CT molecular complexity index is 666. The number of hydrogen-bond donors (Lipinski definition) is 3. The average Bonchev–Trinajstić information content (AvgIpc) is 3.12. The molecule has 2 aliphatic heterocycles. The first-order valence-electron chi connectivity index (χ1n) is 11.3. The van der Waals surface area contributed by atoms with Crippen LogP contribution in [0.1, 0.15) is 50.2 Å². The van der Waals surface area contributed by atoms with E-state index in [9.17, 15) is 9.59 Å². The minimum absolute atomic E-state index is 0.139. The van der Waals surface area contributed by atoms with E-state index in [1.807, 2.05) is 4.90 Å². The van der Waals surface area contributed by atoms with Gasteiger partial charge in [-0.05, 0) is 24.3 Å². The number of hydrogen-bond acceptors (Lipinski definition) is 2. The summed E-state index contributed by atoms with van der Waals surface area (Å²) in [7, 11) is 0. The van der Waals surface area contributed by atoms with E-state index in [1.165, 1.54) is 16.0 Å². The van der Waals surface area contributed by atoms with Crippen molar-refractivity contribution in [2.45, 2.75) is 45.6 Å². The van der Waals surface area contributed by atoms with E-state index in [0.717, 1.165) is 58.7 Å². The fourth-order valence-corrected chi connectivity index (χ4v) is 4.35. The number of benzene rings is 1. The Morgan fingerprint density at radius 2 is 1.79 bits per heavy atom. The van der Waals surface area contributed by atoms with Crippen LogP contribution in [0.5, 0.6) is 0 Å². The third-order valence-corrected chi connectivity index (χ3v) is 6.27. The standard InChI is InChI=1S/C23H36N4O2/c1-19(2)21-8-6-20(7-9-21)17-25-13-15-26(16-14-25)18-22(28)24-10-4-12-27-11-3-5-23(27)29/h6-9,19H,3-5,10-18H2,1-2H3,(H,24,28)/p+2. The van der Waals surface area contributed by atoms with Gasteiger partial charge in [0.05, 0.1) is 0 Å². The van der Waals surface area contributed by atoms with Crippen LogP contribution >= 0.6 is 0 Å². The van der Waals surface area contributed by atoms with Crippen molar-refractivity contribution in [3.8, 4) is 0 Å². The molecule has 6 nitrogen and oxygen atoms in total. The zero-order chi connectivity index (χ0) is 20.6. The van der Waals surface area contributed by atoms with Crippen molar-refractivity contribution in [1.29, 1.82) is 0 Å². The van der Waals surface area contributed by atoms with Crippen molar-refractivity contribution in [1.82, 2.24) is 10.2 Å². The molecule has 0 unspecified atom stereocenters. The zero-order valence-electron chi connectivity index (χ0n) is 18.1. The predicted molar refractivity (Wildman–Crippen MR) is 114 cm³/mol. The van der Waals surface area contributed by atoms with Crippen LogP contribution in [-0.2, 0) is 16.1 Å². The van der Waals surface area contributed by atoms with E-state index in [-0.39, 0.29) is 11.8 Å². The molecule has 2 heterocycles. The highest BCUT2D eigenvalue weighted by atomic mass is 16.2. The lowest BCUT2D eigenvalue weighted by Gasteiger charge is -2.29. The number of nitrogens with zero attached hydrogens (tertiary/aromatic N) is 1. The third kappa shape index (κ3) is 6.82. The molecule has 2 aliphatic rings. The van der Waals surface area contributed by atoms with Crippen LogP contribution in [0.25, 0.3) is 0 Å². The van der Waals surface area contributed by atoms with Gasteiger partial charge in [0.15, 0.2) is 6.54 Å². The molecule has 3 rings (SSSR count). The molecule has 2 fully saturated rings. The Hall–Kier alpha value is -1.92. The smallest absolute Gasteiger partial charge is 0.275 e. The van der Waals surface area contributed by atoms with Crippen LogP contribution in [0.4, 0.5) is 0 Å². The number of piperazine rings is 1. The van der Waals surface area contributed by atoms with Gasteiger partial charge in [0, 0.05) is 31.6 Å². The Labute approximate surface area is 175 Å². The van der Waals surface area contributed by atoms with Crippen molar-refractivity contribution in [2.75, 3.05) is 52.4 Å². The summed E-state index contributed by atoms with van der Waals surface area (Å²) in [6.07, 6.45) is 2.51. The summed E-state index contributed by atoms with van der Waals surface area (Å²) in [5.74, 6) is 0.981. The zero-order valence-corrected chi connectivity index (χ0v) is 18.1. The first kappa shape index (κ1) is 21.8. The molecule has 0 spiro atoms. The molecule has 0 atom stereocenters. The highest BCUT2D eigenvalue weighted by Crippen LogP contribution is 2.14. The lowest BCUT2D eigenvalue weighted by molar-refractivity contribution is -1.02. The lowest BCUT2D eigenvalue weighted by Crippen LogP contribution is -3.28. The number of carbonyl (C=O) groups is 2. The lowest BCUT2D eigenvalue weighted by atomic mass is 10.0. The topological polar surface area (TPSA) is 58.3 Å². The Kier molecular flexibility index (Phi) is 8.07. The molecule has 1 aromatic carbocycles. The second-order valence-electron chi connectivity index (χ2n) is 8.94. The second kappa shape index (κ2) is 10.7. The first-order chi connectivity index (χ1) is 14.0. The summed E-state index contributed by atoms with van der Waals surface area (Å²) in [6.45, 7) is 12.8. The van der Waals surface area contributed by atoms with E-state index in [1.54, 1.807) is 4.90 Å². The molecular formula is C23H38N4O2+2. The van der Waals surface area contributed by atoms with E-state index in [2.05, 4.69) is 43.4 Å². The molecule has 0 bridgehead atoms. The third-order valence-electron chi connectivity index (χ3n) is 6.27. The quantitative estimate of drug-likeness (QED) is 0.475. The summed E-state index contributed by atoms with van der Waals surface area (Å²) in [6, 6.07) is 9.05. The van der Waals surface area contributed by atoms with Gasteiger partial charge in [-0.1, -0.05) is 38.1 Å². The van der Waals surface area contributed by atoms with E-state index >= 15 is 0 Å². The maximum absolute atomic E-state index is 12.2. The molecule has 0 saturated carbocycles. The van der Waals surface area contributed by atoms with Crippen LogP contribution in [0.2, 0.25) is 0 Å². The van der Waals surface area contributed by atoms with Crippen molar-refractivity contribution in [3.63, 3.8) is 0 Å². The summed E-state index contributed by atoms with van der Waals surface area (Å²) in [5, 5.41) is 3.03. The summed E-state index contributed by atoms with van der Waals surface area (Å²) < 4.78 is 0. The number of quaternary nitrogens is 2. The molecular weight excluding hydrogens is 364 g/mol. The fourth-order valence-electron chi connectivity index (χ4n) is 4.35. The van der Waals surface area contributed by atoms with Gasteiger partial charge in [-0.15, -0.1) is 0 Å². The molecule has 0 aromatic heterocycles. The van der Waals surface area contributed by atoms with Gasteiger partial charge >= 0.3 is 0 Å². The Morgan fingerprint density at radius 3 is 2.41 bits per heavy atom. The van der Waals surface area contributed by atoms with Gasteiger partial charge in [0.1, 0.15) is 32.7 Å². The molecule has 3 N–H and O–H groups in total. The van der Waals surface area contributed by atoms with E-state index in [4.69, 9.17) is 0 Å². The van der Waals surface area contributed by atoms with Crippen molar-refractivity contribution < 1.29 is 19.4 Å². The number of nitrogens with one attached hydrogen (secondary N) is 3. The molecule has 2 saturated heterocycles. The molecule has 1 aromatic rings. The fraction of sp³-hybridized carbons (Fsp3) is 0.652. The van der Waals surface area contributed by atoms with Crippen LogP contribution < -0.4 is 15.1 Å². The van der Waals surface area contributed by atoms with Gasteiger partial charge < -0.3 is 20.0 Å². The maximum Gasteiger partial charge on any atom is 0.275 e. The highest BCUT2D eigenvalue weighted by molar-refractivity contribution is 5.78. The van der Waals surface area contributed by atoms with Gasteiger partial charge in [-0.2, -0.15) is 0 Å². The molecule has 2 amide bonds. The number of amides is 2. The normalized spacial score (nSPS) is 22.3. The molecule has 29 heavy (non-hydrogen) atoms. The van der Waals surface area contributed by atoms with E-state index < -0.39 is 0 Å². The van der Waals surface area contributed by atoms with Crippen LogP contribution in [-0.4, -0.2) is 69.1 Å². The molecule has 0 aliphatic carbocycles. The van der Waals surface area contributed by atoms with E-state index in [0.29, 0.717) is 25.4 Å². The minimum atomic E-state index is 0.139. The van der Waals surface area contributed by atoms with Gasteiger partial charge in [0.2, 0.25) is 5.91 Å². The monoisotopic (exact) mass is 402 g/mol. The highest BCUT2D eigenvalue weighted by Gasteiger charge is 2.25. The van der Waals surface area contributed by atoms with Crippen LogP contribution in [0.3, 0.4) is 0 Å². The summed E-state index contributed by atoms with van der Waals surface area (Å²) in [5.41, 5.74) is 2.80.